The Hall–Kier alpha value is -2.16. The third-order valence-corrected chi connectivity index (χ3v) is 4.38. The molecule has 0 aliphatic heterocycles. The van der Waals surface area contributed by atoms with Gasteiger partial charge in [-0.3, -0.25) is 10.1 Å². The van der Waals surface area contributed by atoms with Gasteiger partial charge in [-0.05, 0) is 29.8 Å². The van der Waals surface area contributed by atoms with Gasteiger partial charge in [-0.2, -0.15) is 0 Å². The zero-order valence-electron chi connectivity index (χ0n) is 12.1. The van der Waals surface area contributed by atoms with Gasteiger partial charge in [-0.1, -0.05) is 23.7 Å². The van der Waals surface area contributed by atoms with Crippen molar-refractivity contribution in [3.63, 3.8) is 0 Å². The minimum absolute atomic E-state index is 0.289. The number of rotatable bonds is 5. The zero-order valence-corrected chi connectivity index (χ0v) is 13.7. The molecule has 0 bridgehead atoms. The summed E-state index contributed by atoms with van der Waals surface area (Å²) in [6, 6.07) is 10.6. The highest BCUT2D eigenvalue weighted by molar-refractivity contribution is 7.89. The number of anilines is 1. The molecular weight excluding hydrogens is 342 g/mol. The quantitative estimate of drug-likeness (QED) is 0.655. The van der Waals surface area contributed by atoms with E-state index in [1.54, 1.807) is 24.1 Å². The molecule has 0 spiro atoms. The Balaban J connectivity index is 2.37. The van der Waals surface area contributed by atoms with Crippen LogP contribution in [0.5, 0.6) is 0 Å². The normalized spacial score (nSPS) is 11.3. The van der Waals surface area contributed by atoms with Crippen molar-refractivity contribution >= 4 is 33.0 Å². The fourth-order valence-corrected chi connectivity index (χ4v) is 2.76. The molecule has 2 rings (SSSR count). The molecule has 0 saturated carbocycles. The van der Waals surface area contributed by atoms with Crippen molar-refractivity contribution in [2.24, 2.45) is 5.14 Å². The Morgan fingerprint density at radius 3 is 2.35 bits per heavy atom. The van der Waals surface area contributed by atoms with Crippen LogP contribution >= 0.6 is 11.6 Å². The first kappa shape index (κ1) is 17.2. The predicted octanol–water partition coefficient (Wildman–Crippen LogP) is 2.53. The lowest BCUT2D eigenvalue weighted by molar-refractivity contribution is -0.384. The molecule has 2 aromatic rings. The van der Waals surface area contributed by atoms with Gasteiger partial charge in [0.1, 0.15) is 5.69 Å². The van der Waals surface area contributed by atoms with Gasteiger partial charge in [0, 0.05) is 24.7 Å². The van der Waals surface area contributed by atoms with Crippen molar-refractivity contribution in [2.45, 2.75) is 11.4 Å². The molecule has 2 N–H and O–H groups in total. The van der Waals surface area contributed by atoms with E-state index >= 15 is 0 Å². The van der Waals surface area contributed by atoms with Gasteiger partial charge in [0.05, 0.1) is 9.82 Å². The molecular formula is C14H14ClN3O4S. The Morgan fingerprint density at radius 1 is 1.22 bits per heavy atom. The van der Waals surface area contributed by atoms with Crippen molar-refractivity contribution in [3.8, 4) is 0 Å². The molecule has 0 aliphatic carbocycles. The first-order chi connectivity index (χ1) is 10.7. The number of halogens is 1. The van der Waals surface area contributed by atoms with E-state index in [0.717, 1.165) is 11.6 Å². The molecule has 9 heteroatoms. The number of nitro groups is 1. The highest BCUT2D eigenvalue weighted by atomic mass is 35.5. The molecule has 0 atom stereocenters. The van der Waals surface area contributed by atoms with Gasteiger partial charge in [0.2, 0.25) is 10.0 Å². The van der Waals surface area contributed by atoms with Crippen LogP contribution in [0.2, 0.25) is 5.02 Å². The van der Waals surface area contributed by atoms with Crippen molar-refractivity contribution in [1.29, 1.82) is 0 Å². The van der Waals surface area contributed by atoms with E-state index in [2.05, 4.69) is 0 Å². The molecule has 0 unspecified atom stereocenters. The average molecular weight is 356 g/mol. The molecule has 0 saturated heterocycles. The number of primary sulfonamides is 1. The van der Waals surface area contributed by atoms with Crippen LogP contribution in [0.3, 0.4) is 0 Å². The van der Waals surface area contributed by atoms with Gasteiger partial charge in [-0.25, -0.2) is 13.6 Å². The maximum Gasteiger partial charge on any atom is 0.293 e. The van der Waals surface area contributed by atoms with Crippen LogP contribution in [0, 0.1) is 10.1 Å². The van der Waals surface area contributed by atoms with E-state index in [0.29, 0.717) is 11.6 Å². The second-order valence-electron chi connectivity index (χ2n) is 4.94. The highest BCUT2D eigenvalue weighted by Gasteiger charge is 2.21. The van der Waals surface area contributed by atoms with Gasteiger partial charge in [0.25, 0.3) is 5.69 Å². The van der Waals surface area contributed by atoms with Gasteiger partial charge in [-0.15, -0.1) is 0 Å². The summed E-state index contributed by atoms with van der Waals surface area (Å²) in [5.41, 5.74) is 0.868. The number of nitrogens with two attached hydrogens (primary N) is 1. The van der Waals surface area contributed by atoms with Gasteiger partial charge in [0.15, 0.2) is 0 Å². The largest absolute Gasteiger partial charge is 0.365 e. The van der Waals surface area contributed by atoms with Crippen LogP contribution in [0.1, 0.15) is 5.56 Å². The number of hydrogen-bond donors (Lipinski definition) is 1. The summed E-state index contributed by atoms with van der Waals surface area (Å²) in [5.74, 6) is 0. The lowest BCUT2D eigenvalue weighted by atomic mass is 10.2. The molecule has 23 heavy (non-hydrogen) atoms. The summed E-state index contributed by atoms with van der Waals surface area (Å²) in [4.78, 5) is 11.9. The lowest BCUT2D eigenvalue weighted by Gasteiger charge is -2.19. The highest BCUT2D eigenvalue weighted by Crippen LogP contribution is 2.30. The van der Waals surface area contributed by atoms with E-state index in [9.17, 15) is 18.5 Å². The van der Waals surface area contributed by atoms with Gasteiger partial charge < -0.3 is 4.90 Å². The average Bonchev–Trinajstić information content (AvgIpc) is 2.48. The SMILES string of the molecule is CN(Cc1ccc(Cl)cc1)c1ccc(S(N)(=O)=O)cc1[N+](=O)[O-]. The number of benzene rings is 2. The van der Waals surface area contributed by atoms with Crippen molar-refractivity contribution in [2.75, 3.05) is 11.9 Å². The molecule has 0 heterocycles. The number of nitro benzene ring substituents is 1. The Kier molecular flexibility index (Phi) is 4.88. The Morgan fingerprint density at radius 2 is 1.83 bits per heavy atom. The van der Waals surface area contributed by atoms with E-state index in [1.165, 1.54) is 12.1 Å². The Labute approximate surface area is 138 Å². The van der Waals surface area contributed by atoms with E-state index < -0.39 is 14.9 Å². The first-order valence-electron chi connectivity index (χ1n) is 6.45. The third kappa shape index (κ3) is 4.19. The molecule has 0 fully saturated rings. The zero-order chi connectivity index (χ0) is 17.2. The predicted molar refractivity (Wildman–Crippen MR) is 88.0 cm³/mol. The molecule has 0 amide bonds. The number of sulfonamides is 1. The second-order valence-corrected chi connectivity index (χ2v) is 6.93. The van der Waals surface area contributed by atoms with Crippen LogP contribution in [0.4, 0.5) is 11.4 Å². The molecule has 7 nitrogen and oxygen atoms in total. The van der Waals surface area contributed by atoms with Crippen LogP contribution in [0.25, 0.3) is 0 Å². The molecule has 0 aromatic heterocycles. The fraction of sp³-hybridized carbons (Fsp3) is 0.143. The van der Waals surface area contributed by atoms with Crippen LogP contribution in [-0.4, -0.2) is 20.4 Å². The minimum Gasteiger partial charge on any atom is -0.365 e. The smallest absolute Gasteiger partial charge is 0.293 e. The Bertz CT molecular complexity index is 838. The summed E-state index contributed by atoms with van der Waals surface area (Å²) in [6.45, 7) is 0.396. The summed E-state index contributed by atoms with van der Waals surface area (Å²) in [7, 11) is -2.33. The summed E-state index contributed by atoms with van der Waals surface area (Å²) in [5, 5.41) is 16.8. The summed E-state index contributed by atoms with van der Waals surface area (Å²) >= 11 is 5.82. The van der Waals surface area contributed by atoms with Crippen LogP contribution in [0.15, 0.2) is 47.4 Å². The maximum absolute atomic E-state index is 11.3. The maximum atomic E-state index is 11.3. The van der Waals surface area contributed by atoms with Gasteiger partial charge >= 0.3 is 0 Å². The molecule has 2 aromatic carbocycles. The first-order valence-corrected chi connectivity index (χ1v) is 8.38. The summed E-state index contributed by atoms with van der Waals surface area (Å²) in [6.07, 6.45) is 0. The monoisotopic (exact) mass is 355 g/mol. The van der Waals surface area contributed by atoms with Crippen LogP contribution in [-0.2, 0) is 16.6 Å². The molecule has 0 aliphatic rings. The topological polar surface area (TPSA) is 107 Å². The van der Waals surface area contributed by atoms with E-state index in [-0.39, 0.29) is 16.3 Å². The molecule has 122 valence electrons. The number of hydrogen-bond acceptors (Lipinski definition) is 5. The van der Waals surface area contributed by atoms with Crippen molar-refractivity contribution in [1.82, 2.24) is 0 Å². The molecule has 0 radical (unpaired) electrons. The van der Waals surface area contributed by atoms with Crippen molar-refractivity contribution in [3.05, 3.63) is 63.2 Å². The van der Waals surface area contributed by atoms with Crippen molar-refractivity contribution < 1.29 is 13.3 Å². The number of nitrogens with zero attached hydrogens (tertiary/aromatic N) is 2. The lowest BCUT2D eigenvalue weighted by Crippen LogP contribution is -2.19. The van der Waals surface area contributed by atoms with E-state index in [1.807, 2.05) is 12.1 Å². The fourth-order valence-electron chi connectivity index (χ4n) is 2.10. The summed E-state index contributed by atoms with van der Waals surface area (Å²) < 4.78 is 22.7. The van der Waals surface area contributed by atoms with Crippen LogP contribution < -0.4 is 10.0 Å². The minimum atomic E-state index is -4.00. The second kappa shape index (κ2) is 6.53. The van der Waals surface area contributed by atoms with E-state index in [4.69, 9.17) is 16.7 Å². The third-order valence-electron chi connectivity index (χ3n) is 3.22. The standard InChI is InChI=1S/C14H14ClN3O4S/c1-17(9-10-2-4-11(15)5-3-10)13-7-6-12(23(16,21)22)8-14(13)18(19)20/h2-8H,9H2,1H3,(H2,16,21,22).